The molecule has 0 aliphatic heterocycles. The van der Waals surface area contributed by atoms with Crippen molar-refractivity contribution in [3.8, 4) is 0 Å². The maximum atomic E-state index is 12.5. The number of benzene rings is 1. The van der Waals surface area contributed by atoms with E-state index in [-0.39, 0.29) is 22.6 Å². The van der Waals surface area contributed by atoms with Gasteiger partial charge in [-0.2, -0.15) is 0 Å². The Labute approximate surface area is 170 Å². The number of carbonyl (C=O) groups is 2. The van der Waals surface area contributed by atoms with Crippen molar-refractivity contribution in [1.29, 1.82) is 0 Å². The summed E-state index contributed by atoms with van der Waals surface area (Å²) in [4.78, 5) is 31.0. The molecule has 0 atom stereocenters. The highest BCUT2D eigenvalue weighted by atomic mass is 32.2. The zero-order chi connectivity index (χ0) is 21.8. The van der Waals surface area contributed by atoms with E-state index in [9.17, 15) is 18.0 Å². The minimum atomic E-state index is -4.21. The van der Waals surface area contributed by atoms with Gasteiger partial charge in [0.1, 0.15) is 4.90 Å². The van der Waals surface area contributed by atoms with Gasteiger partial charge >= 0.3 is 6.03 Å². The van der Waals surface area contributed by atoms with E-state index in [0.29, 0.717) is 5.69 Å². The number of aromatic nitrogens is 2. The lowest BCUT2D eigenvalue weighted by atomic mass is 9.93. The second-order valence-electron chi connectivity index (χ2n) is 7.00. The van der Waals surface area contributed by atoms with Gasteiger partial charge in [0.15, 0.2) is 0 Å². The van der Waals surface area contributed by atoms with Gasteiger partial charge in [-0.15, -0.1) is 0 Å². The van der Waals surface area contributed by atoms with Crippen LogP contribution < -0.4 is 15.4 Å². The van der Waals surface area contributed by atoms with Crippen molar-refractivity contribution < 1.29 is 18.0 Å². The van der Waals surface area contributed by atoms with Crippen LogP contribution in [0.1, 0.15) is 61.3 Å². The lowest BCUT2D eigenvalue weighted by Crippen LogP contribution is -2.35. The van der Waals surface area contributed by atoms with E-state index in [2.05, 4.69) is 20.6 Å². The predicted octanol–water partition coefficient (Wildman–Crippen LogP) is 2.59. The lowest BCUT2D eigenvalue weighted by molar-refractivity contribution is 0.0952. The molecule has 156 valence electrons. The van der Waals surface area contributed by atoms with Crippen LogP contribution in [0.25, 0.3) is 0 Å². The number of amides is 3. The molecule has 0 saturated carbocycles. The molecule has 2 rings (SSSR count). The van der Waals surface area contributed by atoms with Gasteiger partial charge in [0.2, 0.25) is 5.82 Å². The molecule has 0 fully saturated rings. The highest BCUT2D eigenvalue weighted by Gasteiger charge is 2.22. The van der Waals surface area contributed by atoms with Crippen LogP contribution in [0.5, 0.6) is 0 Å². The summed E-state index contributed by atoms with van der Waals surface area (Å²) in [6.07, 6.45) is 1.93. The molecule has 3 N–H and O–H groups in total. The van der Waals surface area contributed by atoms with E-state index in [0.717, 1.165) is 23.5 Å². The van der Waals surface area contributed by atoms with Crippen molar-refractivity contribution in [3.63, 3.8) is 0 Å². The van der Waals surface area contributed by atoms with Crippen LogP contribution in [0.4, 0.5) is 10.5 Å². The average Bonchev–Trinajstić information content (AvgIpc) is 2.66. The van der Waals surface area contributed by atoms with E-state index >= 15 is 0 Å². The molecule has 2 aromatic rings. The van der Waals surface area contributed by atoms with E-state index in [4.69, 9.17) is 0 Å². The molecule has 0 radical (unpaired) electrons. The molecule has 29 heavy (non-hydrogen) atoms. The average molecular weight is 420 g/mol. The van der Waals surface area contributed by atoms with Gasteiger partial charge in [0.05, 0.1) is 12.4 Å². The Morgan fingerprint density at radius 1 is 0.966 bits per heavy atom. The zero-order valence-corrected chi connectivity index (χ0v) is 17.8. The van der Waals surface area contributed by atoms with Gasteiger partial charge in [0.25, 0.3) is 15.9 Å². The Bertz CT molecular complexity index is 976. The van der Waals surface area contributed by atoms with Crippen LogP contribution >= 0.6 is 0 Å². The van der Waals surface area contributed by atoms with E-state index in [1.165, 1.54) is 7.05 Å². The monoisotopic (exact) mass is 419 g/mol. The number of nitrogens with one attached hydrogen (secondary N) is 3. The van der Waals surface area contributed by atoms with E-state index < -0.39 is 22.0 Å². The van der Waals surface area contributed by atoms with Crippen LogP contribution in [0.2, 0.25) is 0 Å². The quantitative estimate of drug-likeness (QED) is 0.660. The highest BCUT2D eigenvalue weighted by molar-refractivity contribution is 7.90. The third-order valence-electron chi connectivity index (χ3n) is 4.21. The Morgan fingerprint density at radius 2 is 1.48 bits per heavy atom. The maximum Gasteiger partial charge on any atom is 0.333 e. The molecule has 0 unspecified atom stereocenters. The normalized spacial score (nSPS) is 11.4. The van der Waals surface area contributed by atoms with Gasteiger partial charge in [-0.3, -0.25) is 4.79 Å². The molecule has 3 amide bonds. The molecule has 1 aromatic carbocycles. The number of urea groups is 1. The summed E-state index contributed by atoms with van der Waals surface area (Å²) in [5.74, 6) is -0.466. The Hall–Kier alpha value is -3.01. The smallest absolute Gasteiger partial charge is 0.333 e. The van der Waals surface area contributed by atoms with Crippen LogP contribution in [0.3, 0.4) is 0 Å². The first-order valence-electron chi connectivity index (χ1n) is 9.07. The first-order valence-corrected chi connectivity index (χ1v) is 10.6. The molecule has 10 heteroatoms. The largest absolute Gasteiger partial charge is 0.352 e. The maximum absolute atomic E-state index is 12.5. The number of nitrogens with zero attached hydrogens (tertiary/aromatic N) is 2. The first-order chi connectivity index (χ1) is 13.6. The van der Waals surface area contributed by atoms with Gasteiger partial charge < -0.3 is 10.6 Å². The number of hydrogen-bond donors (Lipinski definition) is 3. The van der Waals surface area contributed by atoms with Gasteiger partial charge in [-0.05, 0) is 23.0 Å². The molecule has 0 bridgehead atoms. The van der Waals surface area contributed by atoms with E-state index in [1.54, 1.807) is 0 Å². The second-order valence-corrected chi connectivity index (χ2v) is 8.68. The van der Waals surface area contributed by atoms with Gasteiger partial charge in [0, 0.05) is 12.7 Å². The molecule has 0 aliphatic carbocycles. The summed E-state index contributed by atoms with van der Waals surface area (Å²) in [6, 6.07) is 4.81. The molecule has 0 spiro atoms. The number of para-hydroxylation sites is 1. The summed E-state index contributed by atoms with van der Waals surface area (Å²) in [5.41, 5.74) is 2.40. The summed E-state index contributed by atoms with van der Waals surface area (Å²) >= 11 is 0. The standard InChI is InChI=1S/C19H25N5O4S/c1-11(2)14-7-6-8-15(12(3)4)16(14)23-19(26)24-29(27,28)13-9-21-17(22-10-13)18(25)20-5/h6-12H,1-5H3,(H,20,25)(H2,23,24,26). The Morgan fingerprint density at radius 3 is 1.93 bits per heavy atom. The summed E-state index contributed by atoms with van der Waals surface area (Å²) in [5, 5.41) is 5.01. The summed E-state index contributed by atoms with van der Waals surface area (Å²) < 4.78 is 26.9. The number of rotatable bonds is 6. The fourth-order valence-corrected chi connectivity index (χ4v) is 3.50. The van der Waals surface area contributed by atoms with E-state index in [1.807, 2.05) is 50.6 Å². The number of carbonyl (C=O) groups excluding carboxylic acids is 2. The van der Waals surface area contributed by atoms with Crippen molar-refractivity contribution in [2.75, 3.05) is 12.4 Å². The molecule has 0 saturated heterocycles. The molecular weight excluding hydrogens is 394 g/mol. The fraction of sp³-hybridized carbons (Fsp3) is 0.368. The summed E-state index contributed by atoms with van der Waals surface area (Å²) in [6.45, 7) is 7.96. The van der Waals surface area contributed by atoms with Crippen LogP contribution in [0.15, 0.2) is 35.5 Å². The zero-order valence-electron chi connectivity index (χ0n) is 17.0. The SMILES string of the molecule is CNC(=O)c1ncc(S(=O)(=O)NC(=O)Nc2c(C(C)C)cccc2C(C)C)cn1. The Kier molecular flexibility index (Phi) is 6.91. The predicted molar refractivity (Wildman–Crippen MR) is 109 cm³/mol. The number of anilines is 1. The number of hydrogen-bond acceptors (Lipinski definition) is 6. The molecule has 1 aromatic heterocycles. The molecule has 1 heterocycles. The second kappa shape index (κ2) is 8.99. The third kappa shape index (κ3) is 5.29. The highest BCUT2D eigenvalue weighted by Crippen LogP contribution is 2.32. The van der Waals surface area contributed by atoms with Crippen molar-refractivity contribution in [3.05, 3.63) is 47.5 Å². The fourth-order valence-electron chi connectivity index (χ4n) is 2.70. The van der Waals surface area contributed by atoms with Gasteiger partial charge in [-0.1, -0.05) is 45.9 Å². The Balaban J connectivity index is 2.26. The first kappa shape index (κ1) is 22.3. The van der Waals surface area contributed by atoms with Crippen molar-refractivity contribution in [2.24, 2.45) is 0 Å². The summed E-state index contributed by atoms with van der Waals surface area (Å²) in [7, 11) is -2.81. The lowest BCUT2D eigenvalue weighted by Gasteiger charge is -2.20. The minimum Gasteiger partial charge on any atom is -0.352 e. The third-order valence-corrected chi connectivity index (χ3v) is 5.49. The number of sulfonamides is 1. The van der Waals surface area contributed by atoms with Crippen molar-refractivity contribution in [2.45, 2.75) is 44.4 Å². The van der Waals surface area contributed by atoms with Crippen molar-refractivity contribution in [1.82, 2.24) is 20.0 Å². The van der Waals surface area contributed by atoms with Crippen LogP contribution in [-0.4, -0.2) is 37.4 Å². The van der Waals surface area contributed by atoms with Crippen molar-refractivity contribution >= 4 is 27.6 Å². The minimum absolute atomic E-state index is 0.131. The van der Waals surface area contributed by atoms with Gasteiger partial charge in [-0.25, -0.2) is 27.9 Å². The molecule has 9 nitrogen and oxygen atoms in total. The van der Waals surface area contributed by atoms with Crippen LogP contribution in [-0.2, 0) is 10.0 Å². The molecular formula is C19H25N5O4S. The topological polar surface area (TPSA) is 130 Å². The van der Waals surface area contributed by atoms with Crippen LogP contribution in [0, 0.1) is 0 Å². The molecule has 0 aliphatic rings.